The van der Waals surface area contributed by atoms with Crippen LogP contribution < -0.4 is 10.6 Å². The first kappa shape index (κ1) is 18.3. The molecule has 3 aliphatic rings. The zero-order chi connectivity index (χ0) is 17.9. The lowest BCUT2D eigenvalue weighted by Gasteiger charge is -2.28. The first-order chi connectivity index (χ1) is 12.7. The van der Waals surface area contributed by atoms with Crippen LogP contribution in [-0.4, -0.2) is 47.5 Å². The highest BCUT2D eigenvalue weighted by Crippen LogP contribution is 2.33. The van der Waals surface area contributed by atoms with Crippen molar-refractivity contribution >= 4 is 23.4 Å². The van der Waals surface area contributed by atoms with Crippen LogP contribution in [0.15, 0.2) is 18.2 Å². The van der Waals surface area contributed by atoms with Gasteiger partial charge in [0.2, 0.25) is 5.91 Å². The highest BCUT2D eigenvalue weighted by molar-refractivity contribution is 7.99. The maximum absolute atomic E-state index is 12.5. The molecule has 0 saturated carbocycles. The lowest BCUT2D eigenvalue weighted by Crippen LogP contribution is -2.39. The molecule has 0 aliphatic carbocycles. The van der Waals surface area contributed by atoms with Crippen molar-refractivity contribution < 1.29 is 4.79 Å². The maximum atomic E-state index is 12.5. The van der Waals surface area contributed by atoms with Gasteiger partial charge >= 0.3 is 0 Å². The van der Waals surface area contributed by atoms with Gasteiger partial charge < -0.3 is 10.6 Å². The molecule has 3 aliphatic heterocycles. The summed E-state index contributed by atoms with van der Waals surface area (Å²) in [6.45, 7) is 5.49. The Bertz CT molecular complexity index is 632. The minimum Gasteiger partial charge on any atom is -0.326 e. The predicted octanol–water partition coefficient (Wildman–Crippen LogP) is 3.40. The van der Waals surface area contributed by atoms with Gasteiger partial charge in [-0.05, 0) is 55.7 Å². The van der Waals surface area contributed by atoms with Gasteiger partial charge in [0.1, 0.15) is 0 Å². The van der Waals surface area contributed by atoms with Crippen LogP contribution in [0.4, 0.5) is 5.69 Å². The van der Waals surface area contributed by atoms with E-state index in [0.29, 0.717) is 24.4 Å². The number of fused-ring (bicyclic) bond motifs is 2. The highest BCUT2D eigenvalue weighted by Gasteiger charge is 2.34. The molecule has 1 aromatic carbocycles. The van der Waals surface area contributed by atoms with Gasteiger partial charge in [0.25, 0.3) is 0 Å². The number of aryl methyl sites for hydroxylation is 1. The van der Waals surface area contributed by atoms with Crippen molar-refractivity contribution in [1.29, 1.82) is 0 Å². The summed E-state index contributed by atoms with van der Waals surface area (Å²) < 4.78 is 0. The summed E-state index contributed by atoms with van der Waals surface area (Å²) in [5, 5.41) is 6.82. The largest absolute Gasteiger partial charge is 0.326 e. The van der Waals surface area contributed by atoms with E-state index < -0.39 is 0 Å². The summed E-state index contributed by atoms with van der Waals surface area (Å²) in [5.74, 6) is 3.21. The number of thioether (sulfide) groups is 1. The lowest BCUT2D eigenvalue weighted by molar-refractivity contribution is -0.117. The van der Waals surface area contributed by atoms with Crippen LogP contribution in [0.2, 0.25) is 0 Å². The quantitative estimate of drug-likeness (QED) is 0.830. The van der Waals surface area contributed by atoms with Gasteiger partial charge in [0.15, 0.2) is 0 Å². The Morgan fingerprint density at radius 3 is 2.65 bits per heavy atom. The number of nitrogens with one attached hydrogen (secondary N) is 2. The topological polar surface area (TPSA) is 44.4 Å². The molecule has 0 radical (unpaired) electrons. The smallest absolute Gasteiger partial charge is 0.224 e. The zero-order valence-electron chi connectivity index (χ0n) is 15.8. The van der Waals surface area contributed by atoms with Gasteiger partial charge in [0, 0.05) is 55.3 Å². The molecule has 2 N–H and O–H groups in total. The molecule has 2 unspecified atom stereocenters. The minimum atomic E-state index is 0.181. The second-order valence-electron chi connectivity index (χ2n) is 8.27. The minimum absolute atomic E-state index is 0.181. The van der Waals surface area contributed by atoms with E-state index in [1.807, 2.05) is 11.8 Å². The number of rotatable bonds is 5. The first-order valence-corrected chi connectivity index (χ1v) is 11.3. The molecular weight excluding hydrogens is 342 g/mol. The fourth-order valence-corrected chi connectivity index (χ4v) is 5.77. The van der Waals surface area contributed by atoms with Crippen LogP contribution in [0, 0.1) is 12.8 Å². The zero-order valence-corrected chi connectivity index (χ0v) is 16.6. The van der Waals surface area contributed by atoms with E-state index in [0.717, 1.165) is 25.1 Å². The molecule has 1 aromatic rings. The number of benzene rings is 1. The number of anilines is 1. The molecule has 4 nitrogen and oxygen atoms in total. The lowest BCUT2D eigenvalue weighted by atomic mass is 9.89. The molecule has 3 fully saturated rings. The molecule has 3 heterocycles. The fraction of sp³-hybridized carbons (Fsp3) is 0.667. The highest BCUT2D eigenvalue weighted by atomic mass is 32.2. The molecule has 3 saturated heterocycles. The standard InChI is InChI=1S/C21H31N3OS/c1-15-10-16(14-24-6-8-26-9-7-24)2-5-20(15)23-21(25)13-17-11-18-3-4-19(12-17)22-18/h2,5,10,17-19,22H,3-4,6-9,11-14H2,1H3,(H,23,25). The fourth-order valence-electron chi connectivity index (χ4n) is 4.79. The van der Waals surface area contributed by atoms with E-state index in [4.69, 9.17) is 0 Å². The summed E-state index contributed by atoms with van der Waals surface area (Å²) in [6, 6.07) is 7.81. The number of piperidine rings is 1. The second kappa shape index (κ2) is 8.32. The van der Waals surface area contributed by atoms with Crippen molar-refractivity contribution in [2.24, 2.45) is 5.92 Å². The molecule has 5 heteroatoms. The molecular formula is C21H31N3OS. The molecule has 2 atom stereocenters. The van der Waals surface area contributed by atoms with Crippen LogP contribution in [0.3, 0.4) is 0 Å². The van der Waals surface area contributed by atoms with Crippen LogP contribution in [0.5, 0.6) is 0 Å². The molecule has 2 bridgehead atoms. The Hall–Kier alpha value is -1.04. The third-order valence-corrected chi connectivity index (χ3v) is 7.06. The number of carbonyl (C=O) groups excluding carboxylic acids is 1. The van der Waals surface area contributed by atoms with Crippen molar-refractivity contribution in [3.05, 3.63) is 29.3 Å². The Labute approximate surface area is 161 Å². The first-order valence-electron chi connectivity index (χ1n) is 10.1. The van der Waals surface area contributed by atoms with Gasteiger partial charge in [-0.25, -0.2) is 0 Å². The van der Waals surface area contributed by atoms with Gasteiger partial charge in [-0.15, -0.1) is 0 Å². The van der Waals surface area contributed by atoms with Crippen molar-refractivity contribution in [2.75, 3.05) is 29.9 Å². The molecule has 26 heavy (non-hydrogen) atoms. The van der Waals surface area contributed by atoms with Crippen LogP contribution in [0.1, 0.15) is 43.2 Å². The Morgan fingerprint density at radius 1 is 1.23 bits per heavy atom. The average Bonchev–Trinajstić information content (AvgIpc) is 2.97. The van der Waals surface area contributed by atoms with E-state index >= 15 is 0 Å². The van der Waals surface area contributed by atoms with Crippen molar-refractivity contribution in [3.8, 4) is 0 Å². The monoisotopic (exact) mass is 373 g/mol. The van der Waals surface area contributed by atoms with E-state index in [1.54, 1.807) is 0 Å². The van der Waals surface area contributed by atoms with E-state index in [2.05, 4.69) is 40.7 Å². The summed E-state index contributed by atoms with van der Waals surface area (Å²) in [4.78, 5) is 15.0. The number of hydrogen-bond donors (Lipinski definition) is 2. The van der Waals surface area contributed by atoms with Gasteiger partial charge in [0.05, 0.1) is 0 Å². The Balaban J connectivity index is 1.30. The molecule has 0 aromatic heterocycles. The number of carbonyl (C=O) groups is 1. The van der Waals surface area contributed by atoms with Crippen molar-refractivity contribution in [3.63, 3.8) is 0 Å². The number of nitrogens with zero attached hydrogens (tertiary/aromatic N) is 1. The van der Waals surface area contributed by atoms with Crippen LogP contribution in [-0.2, 0) is 11.3 Å². The summed E-state index contributed by atoms with van der Waals surface area (Å²) >= 11 is 2.05. The normalized spacial score (nSPS) is 28.9. The SMILES string of the molecule is Cc1cc(CN2CCSCC2)ccc1NC(=O)CC1CC2CCC(C1)N2. The van der Waals surface area contributed by atoms with E-state index in [1.165, 1.54) is 48.6 Å². The number of hydrogen-bond acceptors (Lipinski definition) is 4. The average molecular weight is 374 g/mol. The molecule has 0 spiro atoms. The molecule has 142 valence electrons. The van der Waals surface area contributed by atoms with Crippen LogP contribution >= 0.6 is 11.8 Å². The van der Waals surface area contributed by atoms with Crippen LogP contribution in [0.25, 0.3) is 0 Å². The summed E-state index contributed by atoms with van der Waals surface area (Å²) in [5.41, 5.74) is 3.50. The van der Waals surface area contributed by atoms with Crippen molar-refractivity contribution in [1.82, 2.24) is 10.2 Å². The third kappa shape index (κ3) is 4.62. The Kier molecular flexibility index (Phi) is 5.87. The van der Waals surface area contributed by atoms with E-state index in [9.17, 15) is 4.79 Å². The second-order valence-corrected chi connectivity index (χ2v) is 9.49. The molecule has 1 amide bonds. The Morgan fingerprint density at radius 2 is 1.96 bits per heavy atom. The van der Waals surface area contributed by atoms with E-state index in [-0.39, 0.29) is 5.91 Å². The predicted molar refractivity (Wildman–Crippen MR) is 110 cm³/mol. The van der Waals surface area contributed by atoms with Gasteiger partial charge in [-0.1, -0.05) is 12.1 Å². The summed E-state index contributed by atoms with van der Waals surface area (Å²) in [7, 11) is 0. The van der Waals surface area contributed by atoms with Gasteiger partial charge in [-0.2, -0.15) is 11.8 Å². The molecule has 4 rings (SSSR count). The van der Waals surface area contributed by atoms with Gasteiger partial charge in [-0.3, -0.25) is 9.69 Å². The maximum Gasteiger partial charge on any atom is 0.224 e. The number of amides is 1. The van der Waals surface area contributed by atoms with Crippen molar-refractivity contribution in [2.45, 2.75) is 57.7 Å². The third-order valence-electron chi connectivity index (χ3n) is 6.12. The summed E-state index contributed by atoms with van der Waals surface area (Å²) in [6.07, 6.45) is 5.57.